The van der Waals surface area contributed by atoms with Crippen molar-refractivity contribution < 1.29 is 4.79 Å². The lowest BCUT2D eigenvalue weighted by molar-refractivity contribution is -0.127. The number of aromatic nitrogens is 5. The van der Waals surface area contributed by atoms with Crippen molar-refractivity contribution in [1.29, 1.82) is 0 Å². The summed E-state index contributed by atoms with van der Waals surface area (Å²) in [5, 5.41) is 9.62. The summed E-state index contributed by atoms with van der Waals surface area (Å²) >= 11 is 1.73. The average Bonchev–Trinajstić information content (AvgIpc) is 3.45. The van der Waals surface area contributed by atoms with Gasteiger partial charge < -0.3 is 9.80 Å². The van der Waals surface area contributed by atoms with Gasteiger partial charge in [0.05, 0.1) is 17.6 Å². The third kappa shape index (κ3) is 5.17. The molecule has 1 saturated heterocycles. The third-order valence-corrected chi connectivity index (χ3v) is 7.83. The summed E-state index contributed by atoms with van der Waals surface area (Å²) in [7, 11) is 0. The molecule has 0 N–H and O–H groups in total. The van der Waals surface area contributed by atoms with Gasteiger partial charge in [-0.2, -0.15) is 0 Å². The fourth-order valence-corrected chi connectivity index (χ4v) is 5.64. The van der Waals surface area contributed by atoms with Gasteiger partial charge in [-0.25, -0.2) is 14.6 Å². The number of carbonyl (C=O) groups excluding carboxylic acids is 1. The van der Waals surface area contributed by atoms with Gasteiger partial charge in [-0.05, 0) is 49.6 Å². The molecule has 8 nitrogen and oxygen atoms in total. The Morgan fingerprint density at radius 1 is 1.22 bits per heavy atom. The number of aryl methyl sites for hydroxylation is 1. The molecule has 4 heterocycles. The van der Waals surface area contributed by atoms with Crippen molar-refractivity contribution >= 4 is 45.4 Å². The zero-order valence-corrected chi connectivity index (χ0v) is 22.1. The normalized spacial score (nSPS) is 16.3. The maximum absolute atomic E-state index is 13.5. The highest BCUT2D eigenvalue weighted by Gasteiger charge is 2.26. The Balaban J connectivity index is 1.28. The van der Waals surface area contributed by atoms with Crippen molar-refractivity contribution in [2.45, 2.75) is 33.2 Å². The summed E-state index contributed by atoms with van der Waals surface area (Å²) in [4.78, 5) is 29.1. The number of rotatable bonds is 7. The number of carbonyl (C=O) groups is 1. The van der Waals surface area contributed by atoms with Crippen LogP contribution in [0.4, 0.5) is 5.82 Å². The Morgan fingerprint density at radius 3 is 2.81 bits per heavy atom. The second-order valence-electron chi connectivity index (χ2n) is 9.03. The Kier molecular flexibility index (Phi) is 7.41. The molecule has 0 unspecified atom stereocenters. The summed E-state index contributed by atoms with van der Waals surface area (Å²) in [5.74, 6) is 1.06. The maximum atomic E-state index is 13.5. The van der Waals surface area contributed by atoms with E-state index in [2.05, 4.69) is 44.7 Å². The van der Waals surface area contributed by atoms with Crippen LogP contribution in [0.2, 0.25) is 0 Å². The van der Waals surface area contributed by atoms with Crippen LogP contribution in [0.15, 0.2) is 60.5 Å². The molecule has 3 aromatic rings. The Morgan fingerprint density at radius 2 is 2.05 bits per heavy atom. The molecule has 5 rings (SSSR count). The van der Waals surface area contributed by atoms with E-state index in [0.29, 0.717) is 26.1 Å². The first kappa shape index (κ1) is 24.8. The number of hydrogen-bond acceptors (Lipinski definition) is 7. The Bertz CT molecular complexity index is 1430. The molecule has 1 aliphatic carbocycles. The molecule has 0 radical (unpaired) electrons. The van der Waals surface area contributed by atoms with E-state index in [0.717, 1.165) is 58.1 Å². The van der Waals surface area contributed by atoms with E-state index < -0.39 is 0 Å². The van der Waals surface area contributed by atoms with E-state index in [-0.39, 0.29) is 5.91 Å². The standard InChI is InChI=1S/C28H31N7OS/c1-4-9-25-24(6-3)31-32-35(25)18-20-10-7-8-11-21(16-20)28(36)34-14-12-33(13-15-34)26-23-17-22(5-2)37-27(23)30-19-29-26/h4,6-10,16-17,19H,3,5,11-15,18H2,1-2H3/b9-4-. The number of thiophene rings is 1. The van der Waals surface area contributed by atoms with Crippen LogP contribution < -0.4 is 4.90 Å². The number of piperazine rings is 1. The summed E-state index contributed by atoms with van der Waals surface area (Å²) in [6.45, 7) is 11.3. The number of hydrogen-bond donors (Lipinski definition) is 0. The Hall–Kier alpha value is -3.85. The van der Waals surface area contributed by atoms with E-state index in [1.807, 2.05) is 53.0 Å². The summed E-state index contributed by atoms with van der Waals surface area (Å²) in [5.41, 5.74) is 3.45. The van der Waals surface area contributed by atoms with Crippen molar-refractivity contribution in [3.05, 3.63) is 76.8 Å². The number of anilines is 1. The Labute approximate surface area is 221 Å². The topological polar surface area (TPSA) is 80.0 Å². The van der Waals surface area contributed by atoms with Crippen molar-refractivity contribution in [3.63, 3.8) is 0 Å². The first-order valence-electron chi connectivity index (χ1n) is 12.6. The number of nitrogens with zero attached hydrogens (tertiary/aromatic N) is 7. The zero-order chi connectivity index (χ0) is 25.8. The predicted molar refractivity (Wildman–Crippen MR) is 150 cm³/mol. The van der Waals surface area contributed by atoms with Crippen LogP contribution in [0.1, 0.15) is 36.5 Å². The van der Waals surface area contributed by atoms with Gasteiger partial charge in [0.15, 0.2) is 0 Å². The minimum Gasteiger partial charge on any atom is -0.352 e. The molecule has 1 aliphatic heterocycles. The summed E-state index contributed by atoms with van der Waals surface area (Å²) < 4.78 is 1.84. The van der Waals surface area contributed by atoms with Gasteiger partial charge in [-0.15, -0.1) is 16.4 Å². The molecule has 1 amide bonds. The molecule has 0 atom stereocenters. The molecule has 9 heteroatoms. The smallest absolute Gasteiger partial charge is 0.250 e. The number of amides is 1. The number of allylic oxidation sites excluding steroid dienone is 6. The van der Waals surface area contributed by atoms with E-state index in [1.165, 1.54) is 4.88 Å². The zero-order valence-electron chi connectivity index (χ0n) is 21.3. The van der Waals surface area contributed by atoms with Crippen molar-refractivity contribution in [2.24, 2.45) is 0 Å². The first-order chi connectivity index (χ1) is 18.1. The van der Waals surface area contributed by atoms with E-state index in [9.17, 15) is 4.79 Å². The summed E-state index contributed by atoms with van der Waals surface area (Å²) in [6, 6.07) is 2.21. The van der Waals surface area contributed by atoms with Crippen LogP contribution in [0.25, 0.3) is 22.4 Å². The molecule has 0 bridgehead atoms. The largest absolute Gasteiger partial charge is 0.352 e. The second-order valence-corrected chi connectivity index (χ2v) is 10.1. The minimum absolute atomic E-state index is 0.0905. The van der Waals surface area contributed by atoms with Gasteiger partial charge in [-0.1, -0.05) is 43.0 Å². The fourth-order valence-electron chi connectivity index (χ4n) is 4.71. The van der Waals surface area contributed by atoms with Crippen LogP contribution in [-0.4, -0.2) is 61.9 Å². The highest BCUT2D eigenvalue weighted by molar-refractivity contribution is 7.18. The van der Waals surface area contributed by atoms with E-state index in [4.69, 9.17) is 0 Å². The van der Waals surface area contributed by atoms with Crippen LogP contribution in [0.5, 0.6) is 0 Å². The van der Waals surface area contributed by atoms with Gasteiger partial charge in [0.25, 0.3) is 0 Å². The molecule has 0 spiro atoms. The molecule has 190 valence electrons. The average molecular weight is 514 g/mol. The lowest BCUT2D eigenvalue weighted by Gasteiger charge is -2.36. The van der Waals surface area contributed by atoms with Crippen LogP contribution in [0.3, 0.4) is 0 Å². The SMILES string of the molecule is C=Cc1nnn(CC2=CC=CCC(C(=O)N3CCN(c4ncnc5sc(CC)cc45)CC3)=C2)c1/C=C\C. The molecule has 0 aromatic carbocycles. The molecule has 3 aromatic heterocycles. The fraction of sp³-hybridized carbons (Fsp3) is 0.321. The van der Waals surface area contributed by atoms with Gasteiger partial charge in [0.1, 0.15) is 22.7 Å². The molecular weight excluding hydrogens is 482 g/mol. The maximum Gasteiger partial charge on any atom is 0.250 e. The quantitative estimate of drug-likeness (QED) is 0.456. The summed E-state index contributed by atoms with van der Waals surface area (Å²) in [6.07, 6.45) is 17.0. The third-order valence-electron chi connectivity index (χ3n) is 6.64. The van der Waals surface area contributed by atoms with E-state index in [1.54, 1.807) is 23.7 Å². The van der Waals surface area contributed by atoms with Crippen LogP contribution >= 0.6 is 11.3 Å². The first-order valence-corrected chi connectivity index (χ1v) is 13.5. The molecule has 0 saturated carbocycles. The monoisotopic (exact) mass is 513 g/mol. The lowest BCUT2D eigenvalue weighted by atomic mass is 10.1. The molecule has 2 aliphatic rings. The lowest BCUT2D eigenvalue weighted by Crippen LogP contribution is -2.49. The number of fused-ring (bicyclic) bond motifs is 1. The van der Waals surface area contributed by atoms with Crippen molar-refractivity contribution in [1.82, 2.24) is 29.9 Å². The van der Waals surface area contributed by atoms with E-state index >= 15 is 0 Å². The molecule has 1 fully saturated rings. The predicted octanol–water partition coefficient (Wildman–Crippen LogP) is 4.68. The van der Waals surface area contributed by atoms with Crippen molar-refractivity contribution in [2.75, 3.05) is 31.1 Å². The van der Waals surface area contributed by atoms with Gasteiger partial charge in [-0.3, -0.25) is 4.79 Å². The van der Waals surface area contributed by atoms with Gasteiger partial charge >= 0.3 is 0 Å². The van der Waals surface area contributed by atoms with Gasteiger partial charge in [0.2, 0.25) is 5.91 Å². The molecular formula is C28H31N7OS. The highest BCUT2D eigenvalue weighted by atomic mass is 32.1. The minimum atomic E-state index is 0.0905. The van der Waals surface area contributed by atoms with Crippen LogP contribution in [-0.2, 0) is 17.8 Å². The van der Waals surface area contributed by atoms with Crippen LogP contribution in [0, 0.1) is 0 Å². The van der Waals surface area contributed by atoms with Crippen molar-refractivity contribution in [3.8, 4) is 0 Å². The molecule has 37 heavy (non-hydrogen) atoms. The van der Waals surface area contributed by atoms with Gasteiger partial charge in [0, 0.05) is 36.6 Å². The highest BCUT2D eigenvalue weighted by Crippen LogP contribution is 2.31. The second kappa shape index (κ2) is 11.0.